The summed E-state index contributed by atoms with van der Waals surface area (Å²) < 4.78 is 46.0. The molecular weight excluding hydrogens is 429 g/mol. The Morgan fingerprint density at radius 1 is 1.30 bits per heavy atom. The van der Waals surface area contributed by atoms with Gasteiger partial charge in [0, 0.05) is 17.8 Å². The Kier molecular flexibility index (Phi) is 5.57. The van der Waals surface area contributed by atoms with Crippen molar-refractivity contribution in [1.29, 1.82) is 5.26 Å². The van der Waals surface area contributed by atoms with Crippen molar-refractivity contribution in [2.24, 2.45) is 21.6 Å². The van der Waals surface area contributed by atoms with Crippen molar-refractivity contribution in [2.75, 3.05) is 0 Å². The monoisotopic (exact) mass is 438 g/mol. The molecule has 1 unspecified atom stereocenters. The summed E-state index contributed by atoms with van der Waals surface area (Å²) in [5, 5.41) is 8.99. The highest BCUT2D eigenvalue weighted by atomic mass is 35.5. The molecule has 1 aromatic carbocycles. The number of hydrogen-bond donors (Lipinski definition) is 1. The zero-order chi connectivity index (χ0) is 22.1. The van der Waals surface area contributed by atoms with E-state index in [4.69, 9.17) is 27.3 Å². The van der Waals surface area contributed by atoms with E-state index in [-0.39, 0.29) is 22.3 Å². The predicted octanol–water partition coefficient (Wildman–Crippen LogP) is 2.12. The molecule has 154 valence electrons. The summed E-state index contributed by atoms with van der Waals surface area (Å²) in [7, 11) is 0. The van der Waals surface area contributed by atoms with Crippen LogP contribution in [0.5, 0.6) is 11.5 Å². The lowest BCUT2D eigenvalue weighted by Gasteiger charge is -2.17. The molecule has 0 saturated heterocycles. The number of carbonyl (C=O) groups excluding carboxylic acids is 1. The van der Waals surface area contributed by atoms with Crippen LogP contribution in [0.3, 0.4) is 0 Å². The van der Waals surface area contributed by atoms with Gasteiger partial charge >= 0.3 is 6.18 Å². The van der Waals surface area contributed by atoms with Gasteiger partial charge in [-0.3, -0.25) is 14.2 Å². The van der Waals surface area contributed by atoms with Crippen LogP contribution in [0.2, 0.25) is 5.02 Å². The fraction of sp³-hybridized carbons (Fsp3) is 0.176. The molecule has 2 N–H and O–H groups in total. The molecule has 0 aliphatic carbocycles. The van der Waals surface area contributed by atoms with E-state index in [1.54, 1.807) is 6.07 Å². The van der Waals surface area contributed by atoms with E-state index in [9.17, 15) is 22.8 Å². The summed E-state index contributed by atoms with van der Waals surface area (Å²) in [5.41, 5.74) is 2.52. The van der Waals surface area contributed by atoms with Gasteiger partial charge in [0.15, 0.2) is 5.69 Å². The quantitative estimate of drug-likeness (QED) is 0.776. The van der Waals surface area contributed by atoms with Gasteiger partial charge in [-0.05, 0) is 18.2 Å². The first-order valence-electron chi connectivity index (χ1n) is 8.06. The summed E-state index contributed by atoms with van der Waals surface area (Å²) in [6, 6.07) is 5.27. The van der Waals surface area contributed by atoms with Crippen LogP contribution in [-0.4, -0.2) is 27.6 Å². The molecule has 1 aliphatic heterocycles. The van der Waals surface area contributed by atoms with Crippen molar-refractivity contribution in [3.8, 4) is 17.6 Å². The van der Waals surface area contributed by atoms with Crippen molar-refractivity contribution in [3.63, 3.8) is 0 Å². The Balaban J connectivity index is 2.04. The average molecular weight is 439 g/mol. The number of halogens is 4. The zero-order valence-corrected chi connectivity index (χ0v) is 15.5. The first-order chi connectivity index (χ1) is 14.1. The number of carbonyl (C=O) groups is 1. The molecule has 1 amide bonds. The van der Waals surface area contributed by atoms with Crippen LogP contribution in [-0.2, 0) is 17.5 Å². The van der Waals surface area contributed by atoms with Crippen LogP contribution in [0.25, 0.3) is 0 Å². The molecule has 1 aliphatic rings. The third kappa shape index (κ3) is 4.47. The number of aromatic nitrogens is 2. The third-order valence-electron chi connectivity index (χ3n) is 3.81. The number of aliphatic imine (C=N–C) groups is 2. The lowest BCUT2D eigenvalue weighted by atomic mass is 10.1. The molecule has 0 fully saturated rings. The van der Waals surface area contributed by atoms with E-state index >= 15 is 0 Å². The van der Waals surface area contributed by atoms with Gasteiger partial charge in [-0.1, -0.05) is 11.6 Å². The number of amides is 1. The minimum atomic E-state index is -5.01. The summed E-state index contributed by atoms with van der Waals surface area (Å²) in [4.78, 5) is 34.9. The van der Waals surface area contributed by atoms with Gasteiger partial charge < -0.3 is 10.5 Å². The highest BCUT2D eigenvalue weighted by Crippen LogP contribution is 2.35. The second kappa shape index (κ2) is 7.96. The minimum Gasteiger partial charge on any atom is -0.449 e. The lowest BCUT2D eigenvalue weighted by molar-refractivity contribution is -0.142. The predicted molar refractivity (Wildman–Crippen MR) is 98.4 cm³/mol. The third-order valence-corrected chi connectivity index (χ3v) is 4.03. The second-order valence-corrected chi connectivity index (χ2v) is 6.40. The van der Waals surface area contributed by atoms with E-state index in [1.165, 1.54) is 6.07 Å². The fourth-order valence-corrected chi connectivity index (χ4v) is 2.72. The summed E-state index contributed by atoms with van der Waals surface area (Å²) in [6.07, 6.45) is -3.24. The molecule has 30 heavy (non-hydrogen) atoms. The zero-order valence-electron chi connectivity index (χ0n) is 14.7. The largest absolute Gasteiger partial charge is 0.449 e. The van der Waals surface area contributed by atoms with Gasteiger partial charge in [0.2, 0.25) is 11.7 Å². The Bertz CT molecular complexity index is 1180. The number of ether oxygens (including phenoxy) is 1. The lowest BCUT2D eigenvalue weighted by Crippen LogP contribution is -2.33. The van der Waals surface area contributed by atoms with Crippen molar-refractivity contribution >= 4 is 29.7 Å². The fourth-order valence-electron chi connectivity index (χ4n) is 2.49. The van der Waals surface area contributed by atoms with E-state index in [2.05, 4.69) is 15.0 Å². The summed E-state index contributed by atoms with van der Waals surface area (Å²) in [5.74, 6) is -3.43. The molecule has 3 rings (SSSR count). The molecule has 13 heteroatoms. The Morgan fingerprint density at radius 2 is 2.03 bits per heavy atom. The van der Waals surface area contributed by atoms with Crippen LogP contribution in [0.1, 0.15) is 11.3 Å². The first-order valence-corrected chi connectivity index (χ1v) is 8.43. The maximum atomic E-state index is 13.4. The van der Waals surface area contributed by atoms with E-state index < -0.39 is 41.5 Å². The van der Waals surface area contributed by atoms with E-state index in [0.29, 0.717) is 6.33 Å². The Hall–Kier alpha value is -3.72. The molecule has 0 saturated carbocycles. The molecular formula is C17H10ClF3N6O3. The van der Waals surface area contributed by atoms with Gasteiger partial charge in [-0.25, -0.2) is 9.98 Å². The molecule has 1 aromatic heterocycles. The van der Waals surface area contributed by atoms with Crippen molar-refractivity contribution in [2.45, 2.75) is 12.7 Å². The second-order valence-electron chi connectivity index (χ2n) is 5.96. The van der Waals surface area contributed by atoms with Crippen LogP contribution >= 0.6 is 11.6 Å². The SMILES string of the molecule is N#Cc1cc(Cl)cc(Oc2c(C(F)(F)F)ncn(CC3C=NC(N)=NC3=O)c2=O)c1. The van der Waals surface area contributed by atoms with Crippen LogP contribution in [0.4, 0.5) is 13.2 Å². The van der Waals surface area contributed by atoms with Crippen molar-refractivity contribution in [3.05, 3.63) is 51.2 Å². The Morgan fingerprint density at radius 3 is 2.67 bits per heavy atom. The summed E-state index contributed by atoms with van der Waals surface area (Å²) in [6.45, 7) is -0.390. The van der Waals surface area contributed by atoms with Gasteiger partial charge in [0.1, 0.15) is 5.75 Å². The van der Waals surface area contributed by atoms with Crippen LogP contribution in [0, 0.1) is 17.2 Å². The van der Waals surface area contributed by atoms with Crippen LogP contribution < -0.4 is 16.0 Å². The molecule has 2 heterocycles. The van der Waals surface area contributed by atoms with Crippen LogP contribution in [0.15, 0.2) is 39.3 Å². The molecule has 0 spiro atoms. The van der Waals surface area contributed by atoms with E-state index in [1.807, 2.05) is 0 Å². The molecule has 2 aromatic rings. The molecule has 0 radical (unpaired) electrons. The number of benzene rings is 1. The van der Waals surface area contributed by atoms with Gasteiger partial charge in [0.25, 0.3) is 11.5 Å². The number of nitrogens with two attached hydrogens (primary N) is 1. The smallest absolute Gasteiger partial charge is 0.437 e. The minimum absolute atomic E-state index is 0.00902. The average Bonchev–Trinajstić information content (AvgIpc) is 2.65. The number of nitrogens with zero attached hydrogens (tertiary/aromatic N) is 5. The Labute approximate surface area is 170 Å². The van der Waals surface area contributed by atoms with Gasteiger partial charge in [-0.2, -0.15) is 23.4 Å². The number of nitriles is 1. The number of rotatable bonds is 4. The highest BCUT2D eigenvalue weighted by molar-refractivity contribution is 6.30. The standard InChI is InChI=1S/C17H10ClF3N6O3/c18-10-1-8(4-22)2-11(3-10)30-12-13(17(19,20)21)25-7-27(15(12)29)6-9-5-24-16(23)26-14(9)28/h1-3,5,7,9H,6H2,(H2,23,26,28). The first kappa shape index (κ1) is 21.0. The number of guanidine groups is 1. The van der Waals surface area contributed by atoms with E-state index in [0.717, 1.165) is 22.9 Å². The number of alkyl halides is 3. The van der Waals surface area contributed by atoms with Crippen molar-refractivity contribution < 1.29 is 22.7 Å². The maximum absolute atomic E-state index is 13.4. The highest BCUT2D eigenvalue weighted by Gasteiger charge is 2.39. The van der Waals surface area contributed by atoms with Crippen molar-refractivity contribution in [1.82, 2.24) is 9.55 Å². The number of hydrogen-bond acceptors (Lipinski definition) is 7. The molecule has 0 bridgehead atoms. The summed E-state index contributed by atoms with van der Waals surface area (Å²) >= 11 is 5.83. The van der Waals surface area contributed by atoms with Gasteiger partial charge in [-0.15, -0.1) is 0 Å². The van der Waals surface area contributed by atoms with Gasteiger partial charge in [0.05, 0.1) is 23.9 Å². The maximum Gasteiger partial charge on any atom is 0.437 e. The normalized spacial score (nSPS) is 16.2. The molecule has 9 nitrogen and oxygen atoms in total. The molecule has 1 atom stereocenters. The topological polar surface area (TPSA) is 136 Å².